The number of hydrogen-bond donors (Lipinski definition) is 0. The van der Waals surface area contributed by atoms with E-state index >= 15 is 0 Å². The zero-order valence-corrected chi connectivity index (χ0v) is 10.1. The third kappa shape index (κ3) is 3.69. The first-order chi connectivity index (χ1) is 6.09. The van der Waals surface area contributed by atoms with Gasteiger partial charge in [-0.05, 0) is 40.0 Å². The molecule has 0 fully saturated rings. The van der Waals surface area contributed by atoms with Gasteiger partial charge in [0.15, 0.2) is 0 Å². The zero-order chi connectivity index (χ0) is 9.84. The molecule has 0 radical (unpaired) electrons. The van der Waals surface area contributed by atoms with Crippen LogP contribution in [0.25, 0.3) is 0 Å². The molecule has 0 heterocycles. The predicted octanol–water partition coefficient (Wildman–Crippen LogP) is 4.34. The normalized spacial score (nSPS) is 10.8. The summed E-state index contributed by atoms with van der Waals surface area (Å²) in [6.07, 6.45) is 0. The molecule has 0 nitrogen and oxygen atoms in total. The van der Waals surface area contributed by atoms with Gasteiger partial charge in [-0.3, -0.25) is 0 Å². The Hall–Kier alpha value is -0.0200. The third-order valence-corrected chi connectivity index (χ3v) is 3.50. The van der Waals surface area contributed by atoms with Gasteiger partial charge in [0.1, 0.15) is 5.82 Å². The van der Waals surface area contributed by atoms with Crippen molar-refractivity contribution < 1.29 is 4.39 Å². The van der Waals surface area contributed by atoms with Crippen molar-refractivity contribution in [1.29, 1.82) is 0 Å². The minimum absolute atomic E-state index is 0.200. The van der Waals surface area contributed by atoms with Crippen molar-refractivity contribution in [3.63, 3.8) is 0 Å². The number of thioether (sulfide) groups is 1. The second-order valence-corrected chi connectivity index (χ2v) is 5.23. The smallest absolute Gasteiger partial charge is 0.137 e. The molecular weight excluding hydrogens is 251 g/mol. The summed E-state index contributed by atoms with van der Waals surface area (Å²) in [6.45, 7) is 4.34. The molecule has 0 spiro atoms. The molecule has 3 heteroatoms. The Bertz CT molecular complexity index is 286. The fraction of sp³-hybridized carbons (Fsp3) is 0.400. The lowest BCUT2D eigenvalue weighted by molar-refractivity contribution is 0.619. The number of hydrogen-bond acceptors (Lipinski definition) is 1. The highest BCUT2D eigenvalue weighted by atomic mass is 79.9. The van der Waals surface area contributed by atoms with Gasteiger partial charge in [0, 0.05) is 10.6 Å². The number of benzene rings is 1. The Labute approximate surface area is 91.0 Å². The fourth-order valence-corrected chi connectivity index (χ4v) is 2.25. The Morgan fingerprint density at radius 3 is 2.69 bits per heavy atom. The molecule has 1 rings (SSSR count). The summed E-state index contributed by atoms with van der Waals surface area (Å²) in [5.74, 6) is 1.53. The molecule has 72 valence electrons. The van der Waals surface area contributed by atoms with Crippen LogP contribution in [0.4, 0.5) is 4.39 Å². The SMILES string of the molecule is CC(C)CSc1ccc(F)c(Br)c1. The van der Waals surface area contributed by atoms with E-state index in [4.69, 9.17) is 0 Å². The molecule has 0 saturated carbocycles. The van der Waals surface area contributed by atoms with Gasteiger partial charge in [0.2, 0.25) is 0 Å². The molecule has 0 aliphatic rings. The number of halogens is 2. The van der Waals surface area contributed by atoms with Crippen LogP contribution in [0.2, 0.25) is 0 Å². The van der Waals surface area contributed by atoms with E-state index in [1.54, 1.807) is 11.8 Å². The lowest BCUT2D eigenvalue weighted by Gasteiger charge is -2.04. The summed E-state index contributed by atoms with van der Waals surface area (Å²) >= 11 is 4.92. The van der Waals surface area contributed by atoms with Gasteiger partial charge in [-0.15, -0.1) is 11.8 Å². The van der Waals surface area contributed by atoms with Crippen molar-refractivity contribution in [2.75, 3.05) is 5.75 Å². The molecule has 0 amide bonds. The fourth-order valence-electron chi connectivity index (χ4n) is 0.830. The van der Waals surface area contributed by atoms with Crippen LogP contribution in [-0.4, -0.2) is 5.75 Å². The van der Waals surface area contributed by atoms with Gasteiger partial charge in [-0.2, -0.15) is 0 Å². The van der Waals surface area contributed by atoms with Gasteiger partial charge in [0.05, 0.1) is 4.47 Å². The van der Waals surface area contributed by atoms with E-state index in [2.05, 4.69) is 29.8 Å². The standard InChI is InChI=1S/C10H12BrFS/c1-7(2)6-13-8-3-4-10(12)9(11)5-8/h3-5,7H,6H2,1-2H3. The average molecular weight is 263 g/mol. The van der Waals surface area contributed by atoms with Gasteiger partial charge < -0.3 is 0 Å². The van der Waals surface area contributed by atoms with Crippen molar-refractivity contribution in [2.24, 2.45) is 5.92 Å². The highest BCUT2D eigenvalue weighted by Crippen LogP contribution is 2.25. The quantitative estimate of drug-likeness (QED) is 0.731. The van der Waals surface area contributed by atoms with Gasteiger partial charge >= 0.3 is 0 Å². The van der Waals surface area contributed by atoms with Gasteiger partial charge in [-0.1, -0.05) is 13.8 Å². The molecule has 0 aliphatic carbocycles. The van der Waals surface area contributed by atoms with Crippen LogP contribution in [0.3, 0.4) is 0 Å². The Morgan fingerprint density at radius 2 is 2.15 bits per heavy atom. The van der Waals surface area contributed by atoms with Crippen LogP contribution in [-0.2, 0) is 0 Å². The lowest BCUT2D eigenvalue weighted by atomic mass is 10.3. The van der Waals surface area contributed by atoms with Crippen molar-refractivity contribution in [3.05, 3.63) is 28.5 Å². The Kier molecular flexibility index (Phi) is 4.26. The molecular formula is C10H12BrFS. The monoisotopic (exact) mass is 262 g/mol. The molecule has 0 atom stereocenters. The van der Waals surface area contributed by atoms with Crippen molar-refractivity contribution in [3.8, 4) is 0 Å². The van der Waals surface area contributed by atoms with E-state index in [-0.39, 0.29) is 5.82 Å². The second-order valence-electron chi connectivity index (χ2n) is 3.28. The summed E-state index contributed by atoms with van der Waals surface area (Å²) in [6, 6.07) is 5.13. The first kappa shape index (κ1) is 11.1. The third-order valence-electron chi connectivity index (χ3n) is 1.47. The molecule has 0 bridgehead atoms. The van der Waals surface area contributed by atoms with Crippen molar-refractivity contribution >= 4 is 27.7 Å². The predicted molar refractivity (Wildman–Crippen MR) is 59.7 cm³/mol. The van der Waals surface area contributed by atoms with Crippen LogP contribution in [0.1, 0.15) is 13.8 Å². The minimum Gasteiger partial charge on any atom is -0.206 e. The van der Waals surface area contributed by atoms with E-state index < -0.39 is 0 Å². The number of rotatable bonds is 3. The molecule has 1 aromatic rings. The first-order valence-electron chi connectivity index (χ1n) is 4.17. The van der Waals surface area contributed by atoms with Crippen molar-refractivity contribution in [2.45, 2.75) is 18.7 Å². The maximum atomic E-state index is 12.8. The largest absolute Gasteiger partial charge is 0.206 e. The minimum atomic E-state index is -0.200. The summed E-state index contributed by atoms with van der Waals surface area (Å²) in [5, 5.41) is 0. The summed E-state index contributed by atoms with van der Waals surface area (Å²) in [5.41, 5.74) is 0. The Morgan fingerprint density at radius 1 is 1.46 bits per heavy atom. The molecule has 0 N–H and O–H groups in total. The lowest BCUT2D eigenvalue weighted by Crippen LogP contribution is -1.90. The molecule has 1 aromatic carbocycles. The highest BCUT2D eigenvalue weighted by Gasteiger charge is 2.01. The van der Waals surface area contributed by atoms with Crippen LogP contribution in [0, 0.1) is 11.7 Å². The summed E-state index contributed by atoms with van der Waals surface area (Å²) in [7, 11) is 0. The molecule has 13 heavy (non-hydrogen) atoms. The maximum absolute atomic E-state index is 12.8. The van der Waals surface area contributed by atoms with E-state index in [1.807, 2.05) is 12.1 Å². The zero-order valence-electron chi connectivity index (χ0n) is 7.68. The maximum Gasteiger partial charge on any atom is 0.137 e. The van der Waals surface area contributed by atoms with E-state index in [0.717, 1.165) is 10.6 Å². The summed E-state index contributed by atoms with van der Waals surface area (Å²) in [4.78, 5) is 1.11. The molecule has 0 saturated heterocycles. The molecule has 0 aliphatic heterocycles. The topological polar surface area (TPSA) is 0 Å². The summed E-state index contributed by atoms with van der Waals surface area (Å²) < 4.78 is 13.4. The van der Waals surface area contributed by atoms with Crippen molar-refractivity contribution in [1.82, 2.24) is 0 Å². The van der Waals surface area contributed by atoms with E-state index in [9.17, 15) is 4.39 Å². The van der Waals surface area contributed by atoms with Gasteiger partial charge in [-0.25, -0.2) is 4.39 Å². The second kappa shape index (κ2) is 5.01. The van der Waals surface area contributed by atoms with E-state index in [0.29, 0.717) is 10.4 Å². The van der Waals surface area contributed by atoms with E-state index in [1.165, 1.54) is 6.07 Å². The molecule has 0 unspecified atom stereocenters. The van der Waals surface area contributed by atoms with Gasteiger partial charge in [0.25, 0.3) is 0 Å². The van der Waals surface area contributed by atoms with Crippen LogP contribution >= 0.6 is 27.7 Å². The highest BCUT2D eigenvalue weighted by molar-refractivity contribution is 9.10. The van der Waals surface area contributed by atoms with Crippen LogP contribution in [0.5, 0.6) is 0 Å². The van der Waals surface area contributed by atoms with Crippen LogP contribution < -0.4 is 0 Å². The molecule has 0 aromatic heterocycles. The van der Waals surface area contributed by atoms with Crippen LogP contribution in [0.15, 0.2) is 27.6 Å². The Balaban J connectivity index is 2.63. The first-order valence-corrected chi connectivity index (χ1v) is 5.95. The average Bonchev–Trinajstić information content (AvgIpc) is 2.07.